The van der Waals surface area contributed by atoms with Crippen LogP contribution >= 0.6 is 0 Å². The highest BCUT2D eigenvalue weighted by Gasteiger charge is 2.30. The maximum absolute atomic E-state index is 12.8. The zero-order valence-electron chi connectivity index (χ0n) is 17.7. The molecule has 0 bridgehead atoms. The molecular weight excluding hydrogens is 441 g/mol. The normalized spacial score (nSPS) is 14.6. The second-order valence-corrected chi connectivity index (χ2v) is 9.71. The minimum atomic E-state index is -4.50. The molecule has 1 aliphatic carbocycles. The summed E-state index contributed by atoms with van der Waals surface area (Å²) in [4.78, 5) is 12.4. The van der Waals surface area contributed by atoms with Gasteiger partial charge < -0.3 is 5.32 Å². The van der Waals surface area contributed by atoms with Gasteiger partial charge in [-0.25, -0.2) is 8.42 Å². The molecule has 32 heavy (non-hydrogen) atoms. The third-order valence-electron chi connectivity index (χ3n) is 5.29. The Bertz CT molecular complexity index is 1080. The van der Waals surface area contributed by atoms with E-state index in [4.69, 9.17) is 0 Å². The summed E-state index contributed by atoms with van der Waals surface area (Å²) < 4.78 is 63.9. The maximum atomic E-state index is 12.8. The highest BCUT2D eigenvalue weighted by atomic mass is 32.2. The highest BCUT2D eigenvalue weighted by molar-refractivity contribution is 7.92. The SMILES string of the molecule is CS(=O)(=O)N(Cc1ccc(C(=O)NCC2=CCCCC2)cc1)c1ccc(C(F)(F)F)cc1. The van der Waals surface area contributed by atoms with Gasteiger partial charge in [-0.2, -0.15) is 13.2 Å². The Balaban J connectivity index is 1.69. The van der Waals surface area contributed by atoms with E-state index in [9.17, 15) is 26.4 Å². The zero-order valence-corrected chi connectivity index (χ0v) is 18.5. The van der Waals surface area contributed by atoms with Crippen molar-refractivity contribution in [1.82, 2.24) is 5.32 Å². The van der Waals surface area contributed by atoms with Crippen LogP contribution in [0.4, 0.5) is 18.9 Å². The predicted molar refractivity (Wildman–Crippen MR) is 118 cm³/mol. The summed E-state index contributed by atoms with van der Waals surface area (Å²) in [6.07, 6.45) is 2.99. The summed E-state index contributed by atoms with van der Waals surface area (Å²) in [6, 6.07) is 10.4. The molecule has 0 atom stereocenters. The second kappa shape index (κ2) is 9.77. The molecule has 2 aromatic carbocycles. The first-order valence-electron chi connectivity index (χ1n) is 10.2. The first-order chi connectivity index (χ1) is 15.0. The van der Waals surface area contributed by atoms with Crippen LogP contribution in [0.1, 0.15) is 47.2 Å². The summed E-state index contributed by atoms with van der Waals surface area (Å²) in [5, 5.41) is 2.89. The van der Waals surface area contributed by atoms with Crippen LogP contribution in [0.15, 0.2) is 60.2 Å². The first-order valence-corrected chi connectivity index (χ1v) is 12.1. The van der Waals surface area contributed by atoms with E-state index < -0.39 is 21.8 Å². The van der Waals surface area contributed by atoms with E-state index in [0.717, 1.165) is 54.1 Å². The van der Waals surface area contributed by atoms with Crippen LogP contribution in [0, 0.1) is 0 Å². The monoisotopic (exact) mass is 466 g/mol. The number of hydrogen-bond acceptors (Lipinski definition) is 3. The third kappa shape index (κ3) is 6.35. The number of allylic oxidation sites excluding steroid dienone is 1. The van der Waals surface area contributed by atoms with Crippen molar-refractivity contribution in [3.63, 3.8) is 0 Å². The minimum Gasteiger partial charge on any atom is -0.348 e. The molecule has 1 amide bonds. The molecule has 0 saturated carbocycles. The highest BCUT2D eigenvalue weighted by Crippen LogP contribution is 2.31. The van der Waals surface area contributed by atoms with E-state index in [0.29, 0.717) is 17.7 Å². The Kier molecular flexibility index (Phi) is 7.28. The summed E-state index contributed by atoms with van der Waals surface area (Å²) in [5.74, 6) is -0.217. The summed E-state index contributed by atoms with van der Waals surface area (Å²) in [6.45, 7) is 0.440. The molecule has 2 aromatic rings. The van der Waals surface area contributed by atoms with Crippen molar-refractivity contribution in [3.05, 3.63) is 76.9 Å². The topological polar surface area (TPSA) is 66.5 Å². The van der Waals surface area contributed by atoms with Crippen molar-refractivity contribution in [2.24, 2.45) is 0 Å². The van der Waals surface area contributed by atoms with E-state index in [-0.39, 0.29) is 18.1 Å². The van der Waals surface area contributed by atoms with Crippen LogP contribution in [0.3, 0.4) is 0 Å². The first kappa shape index (κ1) is 23.8. The van der Waals surface area contributed by atoms with Crippen LogP contribution in [0.25, 0.3) is 0 Å². The number of nitrogens with one attached hydrogen (secondary N) is 1. The van der Waals surface area contributed by atoms with Crippen LogP contribution in [-0.4, -0.2) is 27.1 Å². The number of sulfonamides is 1. The van der Waals surface area contributed by atoms with Crippen molar-refractivity contribution in [3.8, 4) is 0 Å². The predicted octanol–water partition coefficient (Wildman–Crippen LogP) is 4.90. The van der Waals surface area contributed by atoms with E-state index in [1.807, 2.05) is 0 Å². The number of alkyl halides is 3. The van der Waals surface area contributed by atoms with Crippen LogP contribution in [-0.2, 0) is 22.7 Å². The number of carbonyl (C=O) groups excluding carboxylic acids is 1. The molecule has 0 radical (unpaired) electrons. The van der Waals surface area contributed by atoms with Gasteiger partial charge in [-0.15, -0.1) is 0 Å². The molecular formula is C23H25F3N2O3S. The molecule has 0 unspecified atom stereocenters. The molecule has 0 heterocycles. The van der Waals surface area contributed by atoms with Gasteiger partial charge in [0.15, 0.2) is 0 Å². The molecule has 3 rings (SSSR count). The Morgan fingerprint density at radius 2 is 1.69 bits per heavy atom. The van der Waals surface area contributed by atoms with Crippen molar-refractivity contribution < 1.29 is 26.4 Å². The van der Waals surface area contributed by atoms with Gasteiger partial charge in [-0.1, -0.05) is 23.8 Å². The Hall–Kier alpha value is -2.81. The number of carbonyl (C=O) groups is 1. The fourth-order valence-corrected chi connectivity index (χ4v) is 4.39. The average Bonchev–Trinajstić information content (AvgIpc) is 2.75. The Labute approximate surface area is 186 Å². The van der Waals surface area contributed by atoms with Crippen molar-refractivity contribution >= 4 is 21.6 Å². The Morgan fingerprint density at radius 3 is 2.22 bits per heavy atom. The van der Waals surface area contributed by atoms with Crippen molar-refractivity contribution in [2.45, 2.75) is 38.4 Å². The van der Waals surface area contributed by atoms with Gasteiger partial charge in [0.2, 0.25) is 10.0 Å². The van der Waals surface area contributed by atoms with E-state index in [1.54, 1.807) is 24.3 Å². The number of halogens is 3. The zero-order chi connectivity index (χ0) is 23.4. The summed E-state index contributed by atoms with van der Waals surface area (Å²) in [7, 11) is -3.75. The van der Waals surface area contributed by atoms with Gasteiger partial charge in [-0.05, 0) is 67.6 Å². The molecule has 0 spiro atoms. The van der Waals surface area contributed by atoms with Gasteiger partial charge in [0, 0.05) is 12.1 Å². The fraction of sp³-hybridized carbons (Fsp3) is 0.348. The van der Waals surface area contributed by atoms with Crippen LogP contribution in [0.2, 0.25) is 0 Å². The smallest absolute Gasteiger partial charge is 0.348 e. The molecule has 1 aliphatic rings. The molecule has 0 fully saturated rings. The Morgan fingerprint density at radius 1 is 1.03 bits per heavy atom. The fourth-order valence-electron chi connectivity index (χ4n) is 3.51. The number of amides is 1. The van der Waals surface area contributed by atoms with Crippen LogP contribution in [0.5, 0.6) is 0 Å². The largest absolute Gasteiger partial charge is 0.416 e. The average molecular weight is 467 g/mol. The standard InChI is InChI=1S/C23H25F3N2O3S/c1-32(30,31)28(21-13-11-20(12-14-21)23(24,25)26)16-18-7-9-19(10-8-18)22(29)27-15-17-5-3-2-4-6-17/h5,7-14H,2-4,6,15-16H2,1H3,(H,27,29). The van der Waals surface area contributed by atoms with E-state index in [1.165, 1.54) is 12.0 Å². The van der Waals surface area contributed by atoms with Crippen LogP contribution < -0.4 is 9.62 Å². The number of hydrogen-bond donors (Lipinski definition) is 1. The molecule has 5 nitrogen and oxygen atoms in total. The van der Waals surface area contributed by atoms with Gasteiger partial charge in [0.1, 0.15) is 0 Å². The van der Waals surface area contributed by atoms with Gasteiger partial charge in [-0.3, -0.25) is 9.10 Å². The maximum Gasteiger partial charge on any atom is 0.416 e. The van der Waals surface area contributed by atoms with Gasteiger partial charge in [0.05, 0.1) is 24.1 Å². The quantitative estimate of drug-likeness (QED) is 0.590. The molecule has 0 saturated heterocycles. The summed E-state index contributed by atoms with van der Waals surface area (Å²) >= 11 is 0. The third-order valence-corrected chi connectivity index (χ3v) is 6.43. The number of anilines is 1. The molecule has 1 N–H and O–H groups in total. The summed E-state index contributed by atoms with van der Waals surface area (Å²) in [5.41, 5.74) is 1.55. The van der Waals surface area contributed by atoms with Crippen molar-refractivity contribution in [1.29, 1.82) is 0 Å². The molecule has 172 valence electrons. The lowest BCUT2D eigenvalue weighted by Crippen LogP contribution is -2.29. The molecule has 9 heteroatoms. The lowest BCUT2D eigenvalue weighted by molar-refractivity contribution is -0.137. The van der Waals surface area contributed by atoms with Gasteiger partial charge in [0.25, 0.3) is 5.91 Å². The number of benzene rings is 2. The second-order valence-electron chi connectivity index (χ2n) is 7.80. The van der Waals surface area contributed by atoms with Gasteiger partial charge >= 0.3 is 6.18 Å². The number of nitrogens with zero attached hydrogens (tertiary/aromatic N) is 1. The van der Waals surface area contributed by atoms with E-state index in [2.05, 4.69) is 11.4 Å². The number of rotatable bonds is 7. The van der Waals surface area contributed by atoms with Crippen molar-refractivity contribution in [2.75, 3.05) is 17.1 Å². The van der Waals surface area contributed by atoms with E-state index >= 15 is 0 Å². The minimum absolute atomic E-state index is 0.0705. The lowest BCUT2D eigenvalue weighted by atomic mass is 9.99. The molecule has 0 aliphatic heterocycles. The molecule has 0 aromatic heterocycles. The lowest BCUT2D eigenvalue weighted by Gasteiger charge is -2.23.